The average molecular weight is 472 g/mol. The monoisotopic (exact) mass is 471 g/mol. The van der Waals surface area contributed by atoms with E-state index < -0.39 is 0 Å². The molecule has 0 spiro atoms. The highest BCUT2D eigenvalue weighted by Gasteiger charge is 2.32. The van der Waals surface area contributed by atoms with Crippen LogP contribution in [0.3, 0.4) is 0 Å². The Labute approximate surface area is 204 Å². The van der Waals surface area contributed by atoms with Gasteiger partial charge in [0, 0.05) is 42.2 Å². The van der Waals surface area contributed by atoms with E-state index >= 15 is 0 Å². The van der Waals surface area contributed by atoms with E-state index in [1.165, 1.54) is 9.80 Å². The molecular formula is C28H29N3O4. The quantitative estimate of drug-likeness (QED) is 0.522. The molecule has 0 saturated heterocycles. The highest BCUT2D eigenvalue weighted by atomic mass is 16.2. The Morgan fingerprint density at radius 1 is 0.914 bits per heavy atom. The van der Waals surface area contributed by atoms with Gasteiger partial charge in [0.1, 0.15) is 0 Å². The fourth-order valence-electron chi connectivity index (χ4n) is 4.72. The van der Waals surface area contributed by atoms with Gasteiger partial charge in [0.2, 0.25) is 11.8 Å². The van der Waals surface area contributed by atoms with Crippen molar-refractivity contribution in [3.05, 3.63) is 76.3 Å². The smallest absolute Gasteiger partial charge is 0.261 e. The summed E-state index contributed by atoms with van der Waals surface area (Å²) in [5.41, 5.74) is 4.82. The molecule has 0 unspecified atom stereocenters. The number of hydrogen-bond acceptors (Lipinski definition) is 4. The molecule has 1 aliphatic heterocycles. The van der Waals surface area contributed by atoms with E-state index in [-0.39, 0.29) is 43.1 Å². The second kappa shape index (κ2) is 9.70. The van der Waals surface area contributed by atoms with E-state index in [4.69, 9.17) is 0 Å². The number of nitrogens with zero attached hydrogens (tertiary/aromatic N) is 2. The maximum Gasteiger partial charge on any atom is 0.261 e. The van der Waals surface area contributed by atoms with Crippen molar-refractivity contribution in [1.82, 2.24) is 9.80 Å². The fraction of sp³-hybridized carbons (Fsp3) is 0.286. The lowest BCUT2D eigenvalue weighted by atomic mass is 9.94. The minimum Gasteiger partial charge on any atom is -0.336 e. The Balaban J connectivity index is 1.33. The zero-order valence-electron chi connectivity index (χ0n) is 20.5. The van der Waals surface area contributed by atoms with Crippen molar-refractivity contribution >= 4 is 40.1 Å². The molecule has 0 aromatic heterocycles. The van der Waals surface area contributed by atoms with Crippen LogP contribution in [0.2, 0.25) is 0 Å². The van der Waals surface area contributed by atoms with Crippen molar-refractivity contribution in [3.8, 4) is 0 Å². The predicted molar refractivity (Wildman–Crippen MR) is 135 cm³/mol. The molecule has 1 heterocycles. The van der Waals surface area contributed by atoms with Gasteiger partial charge >= 0.3 is 0 Å². The van der Waals surface area contributed by atoms with Crippen molar-refractivity contribution in [1.29, 1.82) is 0 Å². The number of hydrogen-bond donors (Lipinski definition) is 1. The molecule has 3 aromatic carbocycles. The van der Waals surface area contributed by atoms with Crippen molar-refractivity contribution < 1.29 is 19.2 Å². The van der Waals surface area contributed by atoms with E-state index in [9.17, 15) is 19.2 Å². The Morgan fingerprint density at radius 3 is 2.06 bits per heavy atom. The van der Waals surface area contributed by atoms with E-state index in [2.05, 4.69) is 5.32 Å². The molecule has 0 atom stereocenters. The molecule has 0 fully saturated rings. The van der Waals surface area contributed by atoms with Gasteiger partial charge in [-0.1, -0.05) is 42.0 Å². The Hall–Kier alpha value is -4.00. The van der Waals surface area contributed by atoms with Gasteiger partial charge in [0.25, 0.3) is 11.8 Å². The third-order valence-electron chi connectivity index (χ3n) is 6.38. The normalized spacial score (nSPS) is 12.7. The van der Waals surface area contributed by atoms with Crippen LogP contribution in [0.1, 0.15) is 50.2 Å². The molecular weight excluding hydrogens is 442 g/mol. The van der Waals surface area contributed by atoms with Gasteiger partial charge in [-0.3, -0.25) is 24.1 Å². The first kappa shape index (κ1) is 24.1. The molecule has 0 bridgehead atoms. The number of likely N-dealkylation sites (N-methyl/N-ethyl adjacent to an activating group) is 1. The zero-order valence-corrected chi connectivity index (χ0v) is 20.5. The first-order valence-corrected chi connectivity index (χ1v) is 11.7. The number of carbonyl (C=O) groups is 4. The highest BCUT2D eigenvalue weighted by molar-refractivity contribution is 6.25. The maximum absolute atomic E-state index is 13.0. The molecule has 1 N–H and O–H groups in total. The molecule has 1 aliphatic rings. The van der Waals surface area contributed by atoms with E-state index in [1.54, 1.807) is 31.3 Å². The summed E-state index contributed by atoms with van der Waals surface area (Å²) in [7, 11) is 1.57. The third-order valence-corrected chi connectivity index (χ3v) is 6.38. The molecule has 180 valence electrons. The van der Waals surface area contributed by atoms with E-state index in [0.717, 1.165) is 27.8 Å². The standard InChI is InChI=1S/C28H29N3O4/c1-17-14-18(2)26(19(3)15-17)29-23(32)16-30(4)24(33)12-7-13-31-27(34)21-10-5-8-20-9-6-11-22(25(20)21)28(31)35/h5-6,8-11,14-15H,7,12-13,16H2,1-4H3,(H,29,32). The number of nitrogens with one attached hydrogen (secondary N) is 1. The molecule has 0 aliphatic carbocycles. The molecule has 4 rings (SSSR count). The van der Waals surface area contributed by atoms with Gasteiger partial charge in [0.05, 0.1) is 6.54 Å². The van der Waals surface area contributed by atoms with Crippen LogP contribution in [-0.2, 0) is 9.59 Å². The second-order valence-electron chi connectivity index (χ2n) is 9.15. The first-order valence-electron chi connectivity index (χ1n) is 11.7. The van der Waals surface area contributed by atoms with Gasteiger partial charge in [0.15, 0.2) is 0 Å². The summed E-state index contributed by atoms with van der Waals surface area (Å²) in [5, 5.41) is 4.44. The summed E-state index contributed by atoms with van der Waals surface area (Å²) < 4.78 is 0. The molecule has 3 aromatic rings. The topological polar surface area (TPSA) is 86.8 Å². The van der Waals surface area contributed by atoms with Gasteiger partial charge in [-0.2, -0.15) is 0 Å². The van der Waals surface area contributed by atoms with Crippen molar-refractivity contribution in [2.45, 2.75) is 33.6 Å². The van der Waals surface area contributed by atoms with Crippen LogP contribution in [0, 0.1) is 20.8 Å². The molecule has 7 nitrogen and oxygen atoms in total. The van der Waals surface area contributed by atoms with Crippen LogP contribution < -0.4 is 5.32 Å². The summed E-state index contributed by atoms with van der Waals surface area (Å²) in [6.45, 7) is 5.93. The van der Waals surface area contributed by atoms with Crippen molar-refractivity contribution in [3.63, 3.8) is 0 Å². The summed E-state index contributed by atoms with van der Waals surface area (Å²) in [5.74, 6) is -1.19. The minimum atomic E-state index is -0.344. The lowest BCUT2D eigenvalue weighted by Gasteiger charge is -2.27. The lowest BCUT2D eigenvalue weighted by Crippen LogP contribution is -2.41. The molecule has 35 heavy (non-hydrogen) atoms. The van der Waals surface area contributed by atoms with Gasteiger partial charge in [-0.05, 0) is 55.8 Å². The number of benzene rings is 3. The van der Waals surface area contributed by atoms with Crippen LogP contribution in [-0.4, -0.2) is 53.6 Å². The Kier molecular flexibility index (Phi) is 6.69. The Bertz CT molecular complexity index is 1290. The maximum atomic E-state index is 13.0. The van der Waals surface area contributed by atoms with Gasteiger partial charge in [-0.25, -0.2) is 0 Å². The van der Waals surface area contributed by atoms with Crippen LogP contribution in [0.4, 0.5) is 5.69 Å². The first-order chi connectivity index (χ1) is 16.7. The number of carbonyl (C=O) groups excluding carboxylic acids is 4. The second-order valence-corrected chi connectivity index (χ2v) is 9.15. The summed E-state index contributed by atoms with van der Waals surface area (Å²) in [4.78, 5) is 53.7. The largest absolute Gasteiger partial charge is 0.336 e. The van der Waals surface area contributed by atoms with Gasteiger partial charge in [-0.15, -0.1) is 0 Å². The predicted octanol–water partition coefficient (Wildman–Crippen LogP) is 4.24. The minimum absolute atomic E-state index is 0.0808. The SMILES string of the molecule is Cc1cc(C)c(NC(=O)CN(C)C(=O)CCCN2C(=O)c3cccc4cccc(c34)C2=O)c(C)c1. The third kappa shape index (κ3) is 4.80. The number of anilines is 1. The van der Waals surface area contributed by atoms with Crippen LogP contribution in [0.5, 0.6) is 0 Å². The van der Waals surface area contributed by atoms with E-state index in [1.807, 2.05) is 45.0 Å². The molecule has 7 heteroatoms. The molecule has 4 amide bonds. The zero-order chi connectivity index (χ0) is 25.3. The number of amides is 4. The van der Waals surface area contributed by atoms with Crippen LogP contribution in [0.15, 0.2) is 48.5 Å². The molecule has 0 saturated carbocycles. The van der Waals surface area contributed by atoms with Crippen molar-refractivity contribution in [2.24, 2.45) is 0 Å². The van der Waals surface area contributed by atoms with E-state index in [0.29, 0.717) is 22.9 Å². The Morgan fingerprint density at radius 2 is 1.49 bits per heavy atom. The average Bonchev–Trinajstić information content (AvgIpc) is 2.81. The number of aryl methyl sites for hydroxylation is 3. The van der Waals surface area contributed by atoms with Gasteiger partial charge < -0.3 is 10.2 Å². The number of imide groups is 1. The van der Waals surface area contributed by atoms with Crippen molar-refractivity contribution in [2.75, 3.05) is 25.5 Å². The number of rotatable bonds is 7. The molecule has 0 radical (unpaired) electrons. The summed E-state index contributed by atoms with van der Waals surface area (Å²) in [6.07, 6.45) is 0.436. The fourth-order valence-corrected chi connectivity index (χ4v) is 4.72. The lowest BCUT2D eigenvalue weighted by molar-refractivity contribution is -0.133. The van der Waals surface area contributed by atoms with Crippen LogP contribution in [0.25, 0.3) is 10.8 Å². The highest BCUT2D eigenvalue weighted by Crippen LogP contribution is 2.30. The summed E-state index contributed by atoms with van der Waals surface area (Å²) >= 11 is 0. The summed E-state index contributed by atoms with van der Waals surface area (Å²) in [6, 6.07) is 14.8. The van der Waals surface area contributed by atoms with Crippen LogP contribution >= 0.6 is 0 Å².